The van der Waals surface area contributed by atoms with Gasteiger partial charge in [-0.15, -0.1) is 0 Å². The summed E-state index contributed by atoms with van der Waals surface area (Å²) >= 11 is 0. The van der Waals surface area contributed by atoms with E-state index in [0.717, 1.165) is 31.8 Å². The molecule has 3 nitrogen and oxygen atoms in total. The van der Waals surface area contributed by atoms with Gasteiger partial charge in [-0.2, -0.15) is 0 Å². The molecule has 2 heterocycles. The molecule has 0 spiro atoms. The first-order valence-corrected chi connectivity index (χ1v) is 6.01. The molecular formula is C8H16N2OS. The molecule has 0 aliphatic carbocycles. The first-order valence-electron chi connectivity index (χ1n) is 4.74. The van der Waals surface area contributed by atoms with Crippen molar-refractivity contribution in [2.24, 2.45) is 0 Å². The zero-order valence-electron chi connectivity index (χ0n) is 7.29. The second-order valence-electron chi connectivity index (χ2n) is 3.52. The second-order valence-corrected chi connectivity index (χ2v) is 5.04. The van der Waals surface area contributed by atoms with Gasteiger partial charge in [0.1, 0.15) is 0 Å². The Hall–Kier alpha value is 0.0700. The van der Waals surface area contributed by atoms with Gasteiger partial charge in [0, 0.05) is 24.9 Å². The Balaban J connectivity index is 1.93. The van der Waals surface area contributed by atoms with Crippen LogP contribution in [0, 0.1) is 0 Å². The first kappa shape index (κ1) is 8.66. The van der Waals surface area contributed by atoms with Crippen molar-refractivity contribution < 1.29 is 4.21 Å². The highest BCUT2D eigenvalue weighted by Gasteiger charge is 2.28. The van der Waals surface area contributed by atoms with Crippen molar-refractivity contribution in [3.05, 3.63) is 0 Å². The van der Waals surface area contributed by atoms with Gasteiger partial charge in [-0.05, 0) is 25.8 Å². The van der Waals surface area contributed by atoms with Crippen molar-refractivity contribution in [1.82, 2.24) is 9.62 Å². The van der Waals surface area contributed by atoms with E-state index in [0.29, 0.717) is 6.04 Å². The summed E-state index contributed by atoms with van der Waals surface area (Å²) in [7, 11) is -0.665. The van der Waals surface area contributed by atoms with E-state index in [2.05, 4.69) is 9.62 Å². The highest BCUT2D eigenvalue weighted by molar-refractivity contribution is 7.82. The van der Waals surface area contributed by atoms with Gasteiger partial charge in [0.15, 0.2) is 0 Å². The van der Waals surface area contributed by atoms with Crippen LogP contribution in [0.5, 0.6) is 0 Å². The summed E-state index contributed by atoms with van der Waals surface area (Å²) in [6.45, 7) is 3.21. The molecule has 2 rings (SSSR count). The van der Waals surface area contributed by atoms with Crippen LogP contribution in [-0.2, 0) is 11.0 Å². The Morgan fingerprint density at radius 2 is 2.33 bits per heavy atom. The van der Waals surface area contributed by atoms with Gasteiger partial charge in [0.25, 0.3) is 0 Å². The Labute approximate surface area is 76.1 Å². The Kier molecular flexibility index (Phi) is 2.78. The van der Waals surface area contributed by atoms with Crippen molar-refractivity contribution in [3.63, 3.8) is 0 Å². The topological polar surface area (TPSA) is 32.3 Å². The van der Waals surface area contributed by atoms with Crippen molar-refractivity contribution in [2.75, 3.05) is 25.4 Å². The number of hydrogen-bond acceptors (Lipinski definition) is 2. The number of rotatable bonds is 1. The van der Waals surface area contributed by atoms with Crippen LogP contribution in [0.1, 0.15) is 19.3 Å². The highest BCUT2D eigenvalue weighted by Crippen LogP contribution is 2.17. The maximum Gasteiger partial charge on any atom is 0.0946 e. The molecule has 1 N–H and O–H groups in total. The van der Waals surface area contributed by atoms with E-state index in [9.17, 15) is 4.21 Å². The maximum absolute atomic E-state index is 11.5. The summed E-state index contributed by atoms with van der Waals surface area (Å²) in [4.78, 5) is 0. The fourth-order valence-electron chi connectivity index (χ4n) is 1.99. The molecule has 0 saturated carbocycles. The smallest absolute Gasteiger partial charge is 0.0946 e. The van der Waals surface area contributed by atoms with Crippen LogP contribution in [0.15, 0.2) is 0 Å². The zero-order valence-corrected chi connectivity index (χ0v) is 8.11. The minimum atomic E-state index is -0.665. The van der Waals surface area contributed by atoms with Crippen LogP contribution in [0.2, 0.25) is 0 Å². The molecule has 0 aromatic carbocycles. The van der Waals surface area contributed by atoms with E-state index in [1.165, 1.54) is 12.8 Å². The molecule has 2 aliphatic heterocycles. The summed E-state index contributed by atoms with van der Waals surface area (Å²) in [6, 6.07) is 0.544. The molecule has 2 saturated heterocycles. The second kappa shape index (κ2) is 3.85. The third-order valence-electron chi connectivity index (χ3n) is 2.64. The predicted octanol–water partition coefficient (Wildman–Crippen LogP) is 0.108. The van der Waals surface area contributed by atoms with Gasteiger partial charge in [-0.1, -0.05) is 0 Å². The molecule has 0 amide bonds. The van der Waals surface area contributed by atoms with E-state index in [1.807, 2.05) is 0 Å². The van der Waals surface area contributed by atoms with Crippen LogP contribution in [-0.4, -0.2) is 39.9 Å². The standard InChI is InChI=1S/C8H16N2OS/c11-12-6-2-5-10(12)8-3-1-4-9-7-8/h8-9H,1-7H2. The molecule has 0 aromatic heterocycles. The lowest BCUT2D eigenvalue weighted by Gasteiger charge is -2.29. The van der Waals surface area contributed by atoms with Crippen LogP contribution >= 0.6 is 0 Å². The van der Waals surface area contributed by atoms with Gasteiger partial charge in [-0.3, -0.25) is 0 Å². The highest BCUT2D eigenvalue weighted by atomic mass is 32.2. The van der Waals surface area contributed by atoms with E-state index in [-0.39, 0.29) is 0 Å². The molecule has 0 aromatic rings. The molecule has 2 fully saturated rings. The first-order chi connectivity index (χ1) is 5.88. The van der Waals surface area contributed by atoms with E-state index in [1.54, 1.807) is 0 Å². The largest absolute Gasteiger partial charge is 0.315 e. The molecule has 0 radical (unpaired) electrons. The number of nitrogens with zero attached hydrogens (tertiary/aromatic N) is 1. The van der Waals surface area contributed by atoms with Crippen LogP contribution in [0.3, 0.4) is 0 Å². The Morgan fingerprint density at radius 1 is 1.42 bits per heavy atom. The predicted molar refractivity (Wildman–Crippen MR) is 50.2 cm³/mol. The average molecular weight is 188 g/mol. The van der Waals surface area contributed by atoms with Gasteiger partial charge >= 0.3 is 0 Å². The number of hydrogen-bond donors (Lipinski definition) is 1. The Bertz CT molecular complexity index is 180. The quantitative estimate of drug-likeness (QED) is 0.633. The lowest BCUT2D eigenvalue weighted by molar-refractivity contribution is 0.290. The van der Waals surface area contributed by atoms with Crippen molar-refractivity contribution in [2.45, 2.75) is 25.3 Å². The third kappa shape index (κ3) is 1.70. The summed E-state index contributed by atoms with van der Waals surface area (Å²) in [5.74, 6) is 0.885. The van der Waals surface area contributed by atoms with E-state index < -0.39 is 11.0 Å². The minimum Gasteiger partial charge on any atom is -0.315 e. The zero-order chi connectivity index (χ0) is 8.39. The number of nitrogens with one attached hydrogen (secondary N) is 1. The molecule has 70 valence electrons. The summed E-state index contributed by atoms with van der Waals surface area (Å²) in [5, 5.41) is 3.36. The molecule has 2 unspecified atom stereocenters. The van der Waals surface area contributed by atoms with Crippen molar-refractivity contribution >= 4 is 11.0 Å². The Morgan fingerprint density at radius 3 is 2.92 bits per heavy atom. The van der Waals surface area contributed by atoms with Gasteiger partial charge < -0.3 is 5.32 Å². The molecule has 0 bridgehead atoms. The monoisotopic (exact) mass is 188 g/mol. The van der Waals surface area contributed by atoms with Crippen LogP contribution in [0.25, 0.3) is 0 Å². The third-order valence-corrected chi connectivity index (χ3v) is 4.28. The SMILES string of the molecule is O=S1CCCN1C1CCCNC1. The summed E-state index contributed by atoms with van der Waals surface area (Å²) < 4.78 is 13.7. The number of piperidine rings is 1. The van der Waals surface area contributed by atoms with Crippen molar-refractivity contribution in [1.29, 1.82) is 0 Å². The van der Waals surface area contributed by atoms with Crippen LogP contribution in [0.4, 0.5) is 0 Å². The van der Waals surface area contributed by atoms with Gasteiger partial charge in [0.05, 0.1) is 11.0 Å². The molecule has 2 atom stereocenters. The average Bonchev–Trinajstić information content (AvgIpc) is 2.53. The fraction of sp³-hybridized carbons (Fsp3) is 1.00. The van der Waals surface area contributed by atoms with Gasteiger partial charge in [0.2, 0.25) is 0 Å². The molecule has 2 aliphatic rings. The van der Waals surface area contributed by atoms with Crippen LogP contribution < -0.4 is 5.32 Å². The normalized spacial score (nSPS) is 38.7. The summed E-state index contributed by atoms with van der Waals surface area (Å²) in [6.07, 6.45) is 3.57. The molecule has 12 heavy (non-hydrogen) atoms. The summed E-state index contributed by atoms with van der Waals surface area (Å²) in [5.41, 5.74) is 0. The molecule has 4 heteroatoms. The minimum absolute atomic E-state index is 0.544. The van der Waals surface area contributed by atoms with Gasteiger partial charge in [-0.25, -0.2) is 8.51 Å². The lowest BCUT2D eigenvalue weighted by Crippen LogP contribution is -2.44. The lowest BCUT2D eigenvalue weighted by atomic mass is 10.1. The molecular weight excluding hydrogens is 172 g/mol. The van der Waals surface area contributed by atoms with E-state index >= 15 is 0 Å². The fourth-order valence-corrected chi connectivity index (χ4v) is 3.45. The maximum atomic E-state index is 11.5. The van der Waals surface area contributed by atoms with Crippen molar-refractivity contribution in [3.8, 4) is 0 Å². The van der Waals surface area contributed by atoms with E-state index in [4.69, 9.17) is 0 Å².